The number of nitrogens with one attached hydrogen (secondary N) is 1. The van der Waals surface area contributed by atoms with Crippen molar-refractivity contribution in [3.63, 3.8) is 0 Å². The van der Waals surface area contributed by atoms with Gasteiger partial charge in [0.2, 0.25) is 0 Å². The second-order valence-corrected chi connectivity index (χ2v) is 6.19. The van der Waals surface area contributed by atoms with Gasteiger partial charge in [0.15, 0.2) is 5.96 Å². The number of rotatable bonds is 8. The molecule has 0 amide bonds. The van der Waals surface area contributed by atoms with Crippen molar-refractivity contribution in [2.45, 2.75) is 25.0 Å². The lowest BCUT2D eigenvalue weighted by Gasteiger charge is -2.23. The van der Waals surface area contributed by atoms with Crippen molar-refractivity contribution in [2.24, 2.45) is 10.9 Å². The summed E-state index contributed by atoms with van der Waals surface area (Å²) in [5.74, 6) is 1.79. The molecule has 106 valence electrons. The molecule has 1 fully saturated rings. The summed E-state index contributed by atoms with van der Waals surface area (Å²) in [6.45, 7) is 5.76. The maximum atomic E-state index is 5.64. The van der Waals surface area contributed by atoms with Crippen LogP contribution < -0.4 is 5.32 Å². The first-order valence-corrected chi connectivity index (χ1v) is 7.98. The molecule has 0 aromatic rings. The maximum Gasteiger partial charge on any atom is 0.193 e. The van der Waals surface area contributed by atoms with E-state index in [0.717, 1.165) is 38.2 Å². The Labute approximate surface area is 116 Å². The molecule has 0 aliphatic heterocycles. The van der Waals surface area contributed by atoms with Crippen molar-refractivity contribution in [3.05, 3.63) is 0 Å². The van der Waals surface area contributed by atoms with Crippen LogP contribution in [0.5, 0.6) is 0 Å². The monoisotopic (exact) mass is 273 g/mol. The number of likely N-dealkylation sites (N-methyl/N-ethyl adjacent to an activating group) is 1. The summed E-state index contributed by atoms with van der Waals surface area (Å²) in [4.78, 5) is 6.41. The average Bonchev–Trinajstić information content (AvgIpc) is 3.19. The van der Waals surface area contributed by atoms with Crippen LogP contribution in [0.3, 0.4) is 0 Å². The molecule has 0 radical (unpaired) electrons. The molecule has 1 rings (SSSR count). The molecule has 1 aliphatic carbocycles. The van der Waals surface area contributed by atoms with Gasteiger partial charge >= 0.3 is 0 Å². The van der Waals surface area contributed by atoms with E-state index in [-0.39, 0.29) is 0 Å². The van der Waals surface area contributed by atoms with Gasteiger partial charge in [-0.05, 0) is 25.0 Å². The number of nitrogens with zero attached hydrogens (tertiary/aromatic N) is 2. The van der Waals surface area contributed by atoms with Crippen LogP contribution in [0.1, 0.15) is 19.8 Å². The van der Waals surface area contributed by atoms with Gasteiger partial charge in [-0.3, -0.25) is 4.99 Å². The Hall–Kier alpha value is -0.420. The fraction of sp³-hybridized carbons (Fsp3) is 0.923. The normalized spacial score (nSPS) is 17.7. The second kappa shape index (κ2) is 8.64. The van der Waals surface area contributed by atoms with Crippen LogP contribution in [0.25, 0.3) is 0 Å². The van der Waals surface area contributed by atoms with Crippen molar-refractivity contribution >= 4 is 17.7 Å². The van der Waals surface area contributed by atoms with Gasteiger partial charge in [0, 0.05) is 39.0 Å². The van der Waals surface area contributed by atoms with E-state index >= 15 is 0 Å². The van der Waals surface area contributed by atoms with Gasteiger partial charge in [-0.15, -0.1) is 0 Å². The molecule has 0 aromatic carbocycles. The van der Waals surface area contributed by atoms with Crippen LogP contribution in [0.15, 0.2) is 4.99 Å². The smallest absolute Gasteiger partial charge is 0.193 e. The highest BCUT2D eigenvalue weighted by Crippen LogP contribution is 2.28. The van der Waals surface area contributed by atoms with Crippen molar-refractivity contribution < 1.29 is 4.74 Å². The van der Waals surface area contributed by atoms with Gasteiger partial charge in [0.1, 0.15) is 0 Å². The standard InChI is InChI=1S/C13H27N3OS/c1-11(18-4)9-15-13(14-2)16(3)7-8-17-10-12-5-6-12/h11-12H,5-10H2,1-4H3,(H,14,15). The van der Waals surface area contributed by atoms with Crippen LogP contribution >= 0.6 is 11.8 Å². The zero-order valence-corrected chi connectivity index (χ0v) is 12.9. The molecule has 1 aliphatic rings. The Morgan fingerprint density at radius 1 is 1.56 bits per heavy atom. The summed E-state index contributed by atoms with van der Waals surface area (Å²) >= 11 is 1.86. The van der Waals surface area contributed by atoms with Crippen molar-refractivity contribution in [1.82, 2.24) is 10.2 Å². The zero-order valence-electron chi connectivity index (χ0n) is 12.1. The van der Waals surface area contributed by atoms with Gasteiger partial charge in [0.25, 0.3) is 0 Å². The first-order chi connectivity index (χ1) is 8.67. The third-order valence-electron chi connectivity index (χ3n) is 3.14. The summed E-state index contributed by atoms with van der Waals surface area (Å²) in [6, 6.07) is 0. The molecule has 0 bridgehead atoms. The molecule has 4 nitrogen and oxygen atoms in total. The molecule has 0 spiro atoms. The largest absolute Gasteiger partial charge is 0.379 e. The fourth-order valence-corrected chi connectivity index (χ4v) is 1.79. The number of hydrogen-bond donors (Lipinski definition) is 1. The number of thioether (sulfide) groups is 1. The number of ether oxygens (including phenoxy) is 1. The topological polar surface area (TPSA) is 36.9 Å². The predicted octanol–water partition coefficient (Wildman–Crippen LogP) is 1.67. The third-order valence-corrected chi connectivity index (χ3v) is 4.12. The van der Waals surface area contributed by atoms with Gasteiger partial charge in [0.05, 0.1) is 6.61 Å². The van der Waals surface area contributed by atoms with Crippen molar-refractivity contribution in [3.8, 4) is 0 Å². The highest BCUT2D eigenvalue weighted by molar-refractivity contribution is 7.99. The molecule has 0 saturated heterocycles. The minimum atomic E-state index is 0.598. The van der Waals surface area contributed by atoms with Gasteiger partial charge in [-0.2, -0.15) is 11.8 Å². The van der Waals surface area contributed by atoms with E-state index in [1.54, 1.807) is 0 Å². The predicted molar refractivity (Wildman–Crippen MR) is 80.5 cm³/mol. The lowest BCUT2D eigenvalue weighted by atomic mass is 10.4. The van der Waals surface area contributed by atoms with E-state index in [0.29, 0.717) is 5.25 Å². The molecule has 1 unspecified atom stereocenters. The number of hydrogen-bond acceptors (Lipinski definition) is 3. The van der Waals surface area contributed by atoms with E-state index in [1.807, 2.05) is 18.8 Å². The molecule has 1 saturated carbocycles. The summed E-state index contributed by atoms with van der Waals surface area (Å²) in [6.07, 6.45) is 4.84. The Kier molecular flexibility index (Phi) is 7.51. The summed E-state index contributed by atoms with van der Waals surface area (Å²) < 4.78 is 5.64. The quantitative estimate of drug-likeness (QED) is 0.415. The van der Waals surface area contributed by atoms with Gasteiger partial charge in [-0.25, -0.2) is 0 Å². The molecule has 0 aromatic heterocycles. The number of aliphatic imine (C=N–C) groups is 1. The van der Waals surface area contributed by atoms with Gasteiger partial charge < -0.3 is 15.0 Å². The maximum absolute atomic E-state index is 5.64. The number of guanidine groups is 1. The van der Waals surface area contributed by atoms with E-state index in [2.05, 4.69) is 35.4 Å². The molecule has 1 atom stereocenters. The summed E-state index contributed by atoms with van der Waals surface area (Å²) in [5.41, 5.74) is 0. The van der Waals surface area contributed by atoms with Crippen molar-refractivity contribution in [2.75, 3.05) is 46.7 Å². The molecular weight excluding hydrogens is 246 g/mol. The molecule has 0 heterocycles. The highest BCUT2D eigenvalue weighted by Gasteiger charge is 2.21. The Morgan fingerprint density at radius 3 is 2.83 bits per heavy atom. The Morgan fingerprint density at radius 2 is 2.28 bits per heavy atom. The first-order valence-electron chi connectivity index (χ1n) is 6.69. The lowest BCUT2D eigenvalue weighted by Crippen LogP contribution is -2.42. The first kappa shape index (κ1) is 15.6. The van der Waals surface area contributed by atoms with Crippen molar-refractivity contribution in [1.29, 1.82) is 0 Å². The summed E-state index contributed by atoms with van der Waals surface area (Å²) in [7, 11) is 3.88. The Bertz CT molecular complexity index is 257. The lowest BCUT2D eigenvalue weighted by molar-refractivity contribution is 0.115. The van der Waals surface area contributed by atoms with E-state index in [1.165, 1.54) is 12.8 Å². The van der Waals surface area contributed by atoms with E-state index < -0.39 is 0 Å². The third kappa shape index (κ3) is 6.50. The molecule has 5 heteroatoms. The van der Waals surface area contributed by atoms with Crippen LogP contribution in [0.4, 0.5) is 0 Å². The molecular formula is C13H27N3OS. The summed E-state index contributed by atoms with van der Waals surface area (Å²) in [5, 5.41) is 3.98. The average molecular weight is 273 g/mol. The minimum Gasteiger partial charge on any atom is -0.379 e. The van der Waals surface area contributed by atoms with Crippen LogP contribution in [0.2, 0.25) is 0 Å². The minimum absolute atomic E-state index is 0.598. The highest BCUT2D eigenvalue weighted by atomic mass is 32.2. The van der Waals surface area contributed by atoms with Crippen LogP contribution in [0, 0.1) is 5.92 Å². The van der Waals surface area contributed by atoms with Crippen LogP contribution in [-0.4, -0.2) is 62.8 Å². The van der Waals surface area contributed by atoms with Crippen LogP contribution in [-0.2, 0) is 4.74 Å². The molecule has 1 N–H and O–H groups in total. The van der Waals surface area contributed by atoms with Gasteiger partial charge in [-0.1, -0.05) is 6.92 Å². The fourth-order valence-electron chi connectivity index (χ4n) is 1.54. The van der Waals surface area contributed by atoms with E-state index in [9.17, 15) is 0 Å². The van der Waals surface area contributed by atoms with E-state index in [4.69, 9.17) is 4.74 Å². The zero-order chi connectivity index (χ0) is 13.4. The second-order valence-electron chi connectivity index (χ2n) is 4.91. The molecule has 18 heavy (non-hydrogen) atoms. The SMILES string of the molecule is CN=C(NCC(C)SC)N(C)CCOCC1CC1. The Balaban J connectivity index is 2.12.